The third-order valence-electron chi connectivity index (χ3n) is 6.04. The summed E-state index contributed by atoms with van der Waals surface area (Å²) in [5, 5.41) is 7.99. The van der Waals surface area contributed by atoms with Crippen molar-refractivity contribution >= 4 is 22.6 Å². The lowest BCUT2D eigenvalue weighted by molar-refractivity contribution is -0.125. The van der Waals surface area contributed by atoms with Gasteiger partial charge in [0, 0.05) is 5.39 Å². The van der Waals surface area contributed by atoms with Gasteiger partial charge in [-0.05, 0) is 48.6 Å². The van der Waals surface area contributed by atoms with E-state index in [1.54, 1.807) is 48.5 Å². The molecule has 34 heavy (non-hydrogen) atoms. The van der Waals surface area contributed by atoms with Crippen molar-refractivity contribution in [2.75, 3.05) is 6.61 Å². The maximum atomic E-state index is 13.0. The molecule has 0 saturated carbocycles. The summed E-state index contributed by atoms with van der Waals surface area (Å²) in [7, 11) is 0. The lowest BCUT2D eigenvalue weighted by Crippen LogP contribution is -2.34. The molecule has 5 rings (SSSR count). The number of amides is 1. The number of nitrogens with zero attached hydrogens (tertiary/aromatic N) is 2. The van der Waals surface area contributed by atoms with E-state index in [9.17, 15) is 14.4 Å². The molecule has 170 valence electrons. The van der Waals surface area contributed by atoms with Crippen molar-refractivity contribution < 1.29 is 14.3 Å². The summed E-state index contributed by atoms with van der Waals surface area (Å²) in [5.41, 5.74) is 2.51. The molecule has 1 amide bonds. The lowest BCUT2D eigenvalue weighted by Gasteiger charge is -2.26. The topological polar surface area (TPSA) is 90.3 Å². The quantitative estimate of drug-likeness (QED) is 0.465. The van der Waals surface area contributed by atoms with Crippen LogP contribution < -0.4 is 10.9 Å². The minimum atomic E-state index is -0.764. The molecule has 1 aliphatic rings. The van der Waals surface area contributed by atoms with E-state index in [0.29, 0.717) is 16.5 Å². The van der Waals surface area contributed by atoms with Gasteiger partial charge >= 0.3 is 5.97 Å². The summed E-state index contributed by atoms with van der Waals surface area (Å²) in [6.07, 6.45) is 2.82. The Kier molecular flexibility index (Phi) is 5.91. The Labute approximate surface area is 196 Å². The Bertz CT molecular complexity index is 1430. The molecule has 1 aromatic heterocycles. The van der Waals surface area contributed by atoms with Crippen LogP contribution in [0.1, 0.15) is 40.5 Å². The van der Waals surface area contributed by atoms with Crippen molar-refractivity contribution in [3.63, 3.8) is 0 Å². The molecular formula is C27H23N3O4. The van der Waals surface area contributed by atoms with Crippen LogP contribution in [0.2, 0.25) is 0 Å². The number of aromatic nitrogens is 2. The molecule has 3 aromatic carbocycles. The zero-order valence-corrected chi connectivity index (χ0v) is 18.4. The first-order valence-electron chi connectivity index (χ1n) is 11.2. The molecule has 1 atom stereocenters. The second-order valence-corrected chi connectivity index (χ2v) is 8.23. The maximum Gasteiger partial charge on any atom is 0.359 e. The molecular weight excluding hydrogens is 430 g/mol. The fourth-order valence-electron chi connectivity index (χ4n) is 4.42. The molecule has 1 N–H and O–H groups in total. The number of carbonyl (C=O) groups is 2. The average molecular weight is 453 g/mol. The van der Waals surface area contributed by atoms with Crippen molar-refractivity contribution in [3.8, 4) is 5.69 Å². The fraction of sp³-hybridized carbons (Fsp3) is 0.185. The van der Waals surface area contributed by atoms with Crippen LogP contribution in [0.5, 0.6) is 0 Å². The second-order valence-electron chi connectivity index (χ2n) is 8.23. The van der Waals surface area contributed by atoms with E-state index < -0.39 is 12.6 Å². The van der Waals surface area contributed by atoms with Crippen LogP contribution in [0.4, 0.5) is 0 Å². The Morgan fingerprint density at radius 1 is 0.941 bits per heavy atom. The molecule has 1 aliphatic carbocycles. The Morgan fingerprint density at radius 2 is 1.65 bits per heavy atom. The number of fused-ring (bicyclic) bond motifs is 2. The van der Waals surface area contributed by atoms with Crippen molar-refractivity contribution in [1.29, 1.82) is 0 Å². The first kappa shape index (κ1) is 21.6. The van der Waals surface area contributed by atoms with Crippen molar-refractivity contribution in [2.24, 2.45) is 0 Å². The van der Waals surface area contributed by atoms with E-state index in [-0.39, 0.29) is 23.2 Å². The highest BCUT2D eigenvalue weighted by molar-refractivity contribution is 6.02. The summed E-state index contributed by atoms with van der Waals surface area (Å²) in [6.45, 7) is -0.433. The molecule has 7 nitrogen and oxygen atoms in total. The minimum Gasteiger partial charge on any atom is -0.451 e. The smallest absolute Gasteiger partial charge is 0.359 e. The minimum absolute atomic E-state index is 0.0186. The molecule has 0 saturated heterocycles. The van der Waals surface area contributed by atoms with Crippen LogP contribution in [0, 0.1) is 0 Å². The van der Waals surface area contributed by atoms with Gasteiger partial charge in [-0.2, -0.15) is 9.78 Å². The predicted molar refractivity (Wildman–Crippen MR) is 128 cm³/mol. The molecule has 0 spiro atoms. The Hall–Kier alpha value is -4.26. The zero-order valence-electron chi connectivity index (χ0n) is 18.4. The van der Waals surface area contributed by atoms with E-state index in [1.807, 2.05) is 24.3 Å². The zero-order chi connectivity index (χ0) is 23.5. The van der Waals surface area contributed by atoms with Crippen LogP contribution in [0.3, 0.4) is 0 Å². The van der Waals surface area contributed by atoms with Crippen molar-refractivity contribution in [3.05, 3.63) is 106 Å². The standard InChI is InChI=1S/C27H23N3O4/c31-24(28-23-16-8-10-18-9-4-5-13-20(18)23)17-34-27(33)25-21-14-6-7-15-22(21)26(32)30(29-25)19-11-2-1-3-12-19/h1-7,9,11-15,23H,8,10,16-17H2,(H,28,31). The lowest BCUT2D eigenvalue weighted by atomic mass is 9.88. The molecule has 0 bridgehead atoms. The number of carbonyl (C=O) groups excluding carboxylic acids is 2. The van der Waals surface area contributed by atoms with Crippen molar-refractivity contribution in [1.82, 2.24) is 15.1 Å². The van der Waals surface area contributed by atoms with Gasteiger partial charge in [0.25, 0.3) is 11.5 Å². The van der Waals surface area contributed by atoms with Crippen LogP contribution >= 0.6 is 0 Å². The number of hydrogen-bond acceptors (Lipinski definition) is 5. The van der Waals surface area contributed by atoms with Crippen LogP contribution in [0.25, 0.3) is 16.5 Å². The van der Waals surface area contributed by atoms with E-state index in [2.05, 4.69) is 16.5 Å². The number of hydrogen-bond donors (Lipinski definition) is 1. The number of rotatable bonds is 5. The van der Waals surface area contributed by atoms with Crippen LogP contribution in [-0.4, -0.2) is 28.3 Å². The average Bonchev–Trinajstić information content (AvgIpc) is 2.88. The first-order valence-corrected chi connectivity index (χ1v) is 11.2. The highest BCUT2D eigenvalue weighted by Gasteiger charge is 2.23. The maximum absolute atomic E-state index is 13.0. The highest BCUT2D eigenvalue weighted by atomic mass is 16.5. The highest BCUT2D eigenvalue weighted by Crippen LogP contribution is 2.29. The molecule has 0 radical (unpaired) electrons. The third kappa shape index (κ3) is 4.20. The number of aryl methyl sites for hydroxylation is 1. The van der Waals surface area contributed by atoms with Gasteiger partial charge in [-0.15, -0.1) is 0 Å². The molecule has 1 unspecified atom stereocenters. The van der Waals surface area contributed by atoms with E-state index >= 15 is 0 Å². The monoisotopic (exact) mass is 453 g/mol. The normalized spacial score (nSPS) is 14.9. The van der Waals surface area contributed by atoms with E-state index in [4.69, 9.17) is 4.74 Å². The van der Waals surface area contributed by atoms with Gasteiger partial charge in [-0.3, -0.25) is 9.59 Å². The van der Waals surface area contributed by atoms with E-state index in [1.165, 1.54) is 10.2 Å². The Balaban J connectivity index is 1.37. The largest absolute Gasteiger partial charge is 0.451 e. The number of nitrogens with one attached hydrogen (secondary N) is 1. The number of benzene rings is 3. The molecule has 4 aromatic rings. The van der Waals surface area contributed by atoms with Gasteiger partial charge in [-0.1, -0.05) is 60.7 Å². The van der Waals surface area contributed by atoms with Crippen LogP contribution in [-0.2, 0) is 16.0 Å². The molecule has 1 heterocycles. The van der Waals surface area contributed by atoms with Gasteiger partial charge in [0.2, 0.25) is 0 Å². The number of ether oxygens (including phenoxy) is 1. The van der Waals surface area contributed by atoms with Gasteiger partial charge in [0.15, 0.2) is 12.3 Å². The number of para-hydroxylation sites is 1. The fourth-order valence-corrected chi connectivity index (χ4v) is 4.42. The second kappa shape index (κ2) is 9.31. The Morgan fingerprint density at radius 3 is 2.47 bits per heavy atom. The summed E-state index contributed by atoms with van der Waals surface area (Å²) >= 11 is 0. The summed E-state index contributed by atoms with van der Waals surface area (Å²) in [4.78, 5) is 38.5. The van der Waals surface area contributed by atoms with Gasteiger partial charge in [0.1, 0.15) is 0 Å². The van der Waals surface area contributed by atoms with Gasteiger partial charge in [-0.25, -0.2) is 4.79 Å². The van der Waals surface area contributed by atoms with Crippen LogP contribution in [0.15, 0.2) is 83.7 Å². The summed E-state index contributed by atoms with van der Waals surface area (Å²) < 4.78 is 6.51. The number of esters is 1. The van der Waals surface area contributed by atoms with Crippen molar-refractivity contribution in [2.45, 2.75) is 25.3 Å². The van der Waals surface area contributed by atoms with Gasteiger partial charge in [0.05, 0.1) is 17.1 Å². The first-order chi connectivity index (χ1) is 16.6. The van der Waals surface area contributed by atoms with E-state index in [0.717, 1.165) is 24.8 Å². The SMILES string of the molecule is O=C(COC(=O)c1nn(-c2ccccc2)c(=O)c2ccccc12)NC1CCCc2ccccc21. The van der Waals surface area contributed by atoms with Gasteiger partial charge < -0.3 is 10.1 Å². The molecule has 0 fully saturated rings. The summed E-state index contributed by atoms with van der Waals surface area (Å²) in [6, 6.07) is 23.5. The predicted octanol–water partition coefficient (Wildman–Crippen LogP) is 3.74. The third-order valence-corrected chi connectivity index (χ3v) is 6.04. The molecule has 0 aliphatic heterocycles. The molecule has 7 heteroatoms. The summed E-state index contributed by atoms with van der Waals surface area (Å²) in [5.74, 6) is -1.14.